The minimum absolute atomic E-state index is 0.0310. The van der Waals surface area contributed by atoms with Gasteiger partial charge >= 0.3 is 5.97 Å². The van der Waals surface area contributed by atoms with Gasteiger partial charge in [-0.1, -0.05) is 63.2 Å². The second kappa shape index (κ2) is 16.8. The standard InChI is InChI=1S/C35H44N4O8S/c1-23-31(48-22-36-23)25-11-13-26(14-12-25)38(5)33(43)28-17-27(40)18-39(28)34(44)32(35(2,3)4)37-29(41)20-45-15-16-46-21-30(42)47-19-24-9-7-6-8-10-24/h6-14,22,27-28,32,40H,15-21H2,1-5H3,(H,37,41)/t27-,28+,32-/m1/s1. The molecule has 2 heterocycles. The highest BCUT2D eigenvalue weighted by molar-refractivity contribution is 7.13. The summed E-state index contributed by atoms with van der Waals surface area (Å²) in [7, 11) is 1.64. The van der Waals surface area contributed by atoms with Crippen LogP contribution in [0.4, 0.5) is 5.69 Å². The van der Waals surface area contributed by atoms with E-state index in [9.17, 15) is 24.3 Å². The molecule has 0 unspecified atom stereocenters. The van der Waals surface area contributed by atoms with E-state index in [1.165, 1.54) is 9.80 Å². The van der Waals surface area contributed by atoms with Crippen LogP contribution in [0, 0.1) is 12.3 Å². The number of amides is 3. The zero-order valence-electron chi connectivity index (χ0n) is 28.0. The molecule has 0 radical (unpaired) electrons. The Morgan fingerprint density at radius 2 is 1.71 bits per heavy atom. The fourth-order valence-corrected chi connectivity index (χ4v) is 6.10. The Morgan fingerprint density at radius 3 is 2.33 bits per heavy atom. The fraction of sp³-hybridized carbons (Fsp3) is 0.457. The normalized spacial score (nSPS) is 16.8. The van der Waals surface area contributed by atoms with Crippen molar-refractivity contribution in [3.05, 3.63) is 71.4 Å². The Labute approximate surface area is 285 Å². The molecule has 13 heteroatoms. The van der Waals surface area contributed by atoms with E-state index in [2.05, 4.69) is 10.3 Å². The van der Waals surface area contributed by atoms with E-state index in [0.29, 0.717) is 5.69 Å². The van der Waals surface area contributed by atoms with Crippen LogP contribution < -0.4 is 10.2 Å². The highest BCUT2D eigenvalue weighted by Crippen LogP contribution is 2.31. The van der Waals surface area contributed by atoms with Gasteiger partial charge in [0.2, 0.25) is 17.7 Å². The Bertz CT molecular complexity index is 1540. The van der Waals surface area contributed by atoms with Gasteiger partial charge < -0.3 is 34.4 Å². The Morgan fingerprint density at radius 1 is 1.04 bits per heavy atom. The van der Waals surface area contributed by atoms with E-state index in [0.717, 1.165) is 21.7 Å². The van der Waals surface area contributed by atoms with Crippen molar-refractivity contribution in [2.24, 2.45) is 5.41 Å². The number of anilines is 1. The minimum atomic E-state index is -0.989. The van der Waals surface area contributed by atoms with Crippen molar-refractivity contribution < 1.29 is 38.5 Å². The number of rotatable bonds is 14. The topological polar surface area (TPSA) is 148 Å². The number of hydrogen-bond acceptors (Lipinski definition) is 10. The molecule has 0 spiro atoms. The summed E-state index contributed by atoms with van der Waals surface area (Å²) in [4.78, 5) is 60.5. The molecule has 3 atom stereocenters. The smallest absolute Gasteiger partial charge is 0.332 e. The molecule has 1 aliphatic rings. The zero-order chi connectivity index (χ0) is 34.8. The van der Waals surface area contributed by atoms with E-state index in [1.54, 1.807) is 23.9 Å². The summed E-state index contributed by atoms with van der Waals surface area (Å²) in [6, 6.07) is 14.9. The van der Waals surface area contributed by atoms with Crippen molar-refractivity contribution in [1.29, 1.82) is 0 Å². The first kappa shape index (κ1) is 36.7. The molecular weight excluding hydrogens is 636 g/mol. The molecule has 0 aliphatic carbocycles. The number of aryl methyl sites for hydroxylation is 1. The van der Waals surface area contributed by atoms with E-state index in [4.69, 9.17) is 14.2 Å². The lowest BCUT2D eigenvalue weighted by molar-refractivity contribution is -0.151. The monoisotopic (exact) mass is 680 g/mol. The molecule has 48 heavy (non-hydrogen) atoms. The van der Waals surface area contributed by atoms with Gasteiger partial charge in [0.15, 0.2) is 0 Å². The van der Waals surface area contributed by atoms with Crippen LogP contribution in [-0.2, 0) is 40.0 Å². The highest BCUT2D eigenvalue weighted by Gasteiger charge is 2.45. The summed E-state index contributed by atoms with van der Waals surface area (Å²) in [5.74, 6) is -1.85. The summed E-state index contributed by atoms with van der Waals surface area (Å²) in [6.07, 6.45) is -0.802. The summed E-state index contributed by atoms with van der Waals surface area (Å²) >= 11 is 1.54. The van der Waals surface area contributed by atoms with E-state index in [-0.39, 0.29) is 51.9 Å². The molecule has 1 aliphatic heterocycles. The lowest BCUT2D eigenvalue weighted by Gasteiger charge is -2.36. The van der Waals surface area contributed by atoms with E-state index >= 15 is 0 Å². The predicted octanol–water partition coefficient (Wildman–Crippen LogP) is 3.35. The predicted molar refractivity (Wildman–Crippen MR) is 181 cm³/mol. The summed E-state index contributed by atoms with van der Waals surface area (Å²) < 4.78 is 15.8. The van der Waals surface area contributed by atoms with Crippen LogP contribution >= 0.6 is 11.3 Å². The van der Waals surface area contributed by atoms with Crippen LogP contribution in [0.1, 0.15) is 38.4 Å². The van der Waals surface area contributed by atoms with Crippen LogP contribution in [0.5, 0.6) is 0 Å². The van der Waals surface area contributed by atoms with E-state index in [1.807, 2.05) is 82.3 Å². The average Bonchev–Trinajstić information content (AvgIpc) is 3.68. The molecule has 1 saturated heterocycles. The number of aromatic nitrogens is 1. The fourth-order valence-electron chi connectivity index (χ4n) is 5.29. The van der Waals surface area contributed by atoms with Crippen LogP contribution in [0.25, 0.3) is 10.4 Å². The molecule has 2 N–H and O–H groups in total. The van der Waals surface area contributed by atoms with Gasteiger partial charge in [0.1, 0.15) is 31.9 Å². The van der Waals surface area contributed by atoms with Gasteiger partial charge in [0.25, 0.3) is 0 Å². The number of hydrogen-bond donors (Lipinski definition) is 2. The van der Waals surface area contributed by atoms with Crippen LogP contribution in [-0.4, -0.2) is 96.9 Å². The molecular formula is C35H44N4O8S. The first-order valence-corrected chi connectivity index (χ1v) is 16.6. The van der Waals surface area contributed by atoms with Crippen molar-refractivity contribution in [1.82, 2.24) is 15.2 Å². The molecule has 0 bridgehead atoms. The molecule has 1 aromatic heterocycles. The number of nitrogens with zero attached hydrogens (tertiary/aromatic N) is 3. The van der Waals surface area contributed by atoms with Crippen molar-refractivity contribution in [2.45, 2.75) is 58.9 Å². The molecule has 0 saturated carbocycles. The van der Waals surface area contributed by atoms with Gasteiger partial charge in [-0.25, -0.2) is 9.78 Å². The number of likely N-dealkylation sites (N-methyl/N-ethyl adjacent to an activating group) is 1. The zero-order valence-corrected chi connectivity index (χ0v) is 28.8. The molecule has 3 amide bonds. The number of aliphatic hydroxyl groups is 1. The number of thiazole rings is 1. The number of likely N-dealkylation sites (tertiary alicyclic amines) is 1. The van der Waals surface area contributed by atoms with Crippen molar-refractivity contribution in [2.75, 3.05) is 44.9 Å². The Balaban J connectivity index is 1.27. The maximum absolute atomic E-state index is 13.9. The molecule has 2 aromatic carbocycles. The Hall–Kier alpha value is -4.17. The molecule has 258 valence electrons. The van der Waals surface area contributed by atoms with Crippen molar-refractivity contribution in [3.63, 3.8) is 0 Å². The van der Waals surface area contributed by atoms with Crippen molar-refractivity contribution >= 4 is 40.7 Å². The highest BCUT2D eigenvalue weighted by atomic mass is 32.1. The quantitative estimate of drug-likeness (QED) is 0.193. The maximum Gasteiger partial charge on any atom is 0.332 e. The average molecular weight is 681 g/mol. The largest absolute Gasteiger partial charge is 0.459 e. The van der Waals surface area contributed by atoms with Crippen LogP contribution in [0.2, 0.25) is 0 Å². The number of carbonyl (C=O) groups excluding carboxylic acids is 4. The SMILES string of the molecule is Cc1ncsc1-c1ccc(N(C)C(=O)[C@@H]2C[C@@H](O)CN2C(=O)[C@@H](NC(=O)COCCOCC(=O)OCc2ccccc2)C(C)(C)C)cc1. The third-order valence-corrected chi connectivity index (χ3v) is 8.90. The number of β-amino-alcohol motifs (C(OH)–C–C–N with tert-alkyl or cyclic N) is 1. The van der Waals surface area contributed by atoms with E-state index < -0.39 is 41.4 Å². The first-order valence-electron chi connectivity index (χ1n) is 15.8. The van der Waals surface area contributed by atoms with Gasteiger partial charge in [0.05, 0.1) is 35.4 Å². The Kier molecular flexibility index (Phi) is 12.8. The van der Waals surface area contributed by atoms with Gasteiger partial charge in [-0.15, -0.1) is 11.3 Å². The van der Waals surface area contributed by atoms with Gasteiger partial charge in [-0.3, -0.25) is 14.4 Å². The first-order chi connectivity index (χ1) is 22.8. The molecule has 12 nitrogen and oxygen atoms in total. The third-order valence-electron chi connectivity index (χ3n) is 7.93. The maximum atomic E-state index is 13.9. The summed E-state index contributed by atoms with van der Waals surface area (Å²) in [5.41, 5.74) is 4.51. The number of aliphatic hydroxyl groups excluding tert-OH is 1. The third kappa shape index (κ3) is 9.92. The minimum Gasteiger partial charge on any atom is -0.459 e. The number of esters is 1. The molecule has 1 fully saturated rings. The second-order valence-corrected chi connectivity index (χ2v) is 13.6. The lowest BCUT2D eigenvalue weighted by atomic mass is 9.85. The van der Waals surface area contributed by atoms with Crippen LogP contribution in [0.3, 0.4) is 0 Å². The number of carbonyl (C=O) groups is 4. The number of benzene rings is 2. The van der Waals surface area contributed by atoms with Gasteiger partial charge in [-0.05, 0) is 35.6 Å². The summed E-state index contributed by atoms with van der Waals surface area (Å²) in [6.45, 7) is 7.00. The molecule has 4 rings (SSSR count). The summed E-state index contributed by atoms with van der Waals surface area (Å²) in [5, 5.41) is 13.3. The van der Waals surface area contributed by atoms with Crippen LogP contribution in [0.15, 0.2) is 60.1 Å². The lowest BCUT2D eigenvalue weighted by Crippen LogP contribution is -2.58. The van der Waals surface area contributed by atoms with Gasteiger partial charge in [-0.2, -0.15) is 0 Å². The van der Waals surface area contributed by atoms with Gasteiger partial charge in [0, 0.05) is 25.7 Å². The number of nitrogens with one attached hydrogen (secondary N) is 1. The number of ether oxygens (including phenoxy) is 3. The van der Waals surface area contributed by atoms with Crippen molar-refractivity contribution in [3.8, 4) is 10.4 Å². The molecule has 3 aromatic rings. The second-order valence-electron chi connectivity index (χ2n) is 12.7.